The van der Waals surface area contributed by atoms with E-state index >= 15 is 0 Å². The highest BCUT2D eigenvalue weighted by Crippen LogP contribution is 2.31. The van der Waals surface area contributed by atoms with Crippen LogP contribution in [0.15, 0.2) is 42.5 Å². The first-order valence-electron chi connectivity index (χ1n) is 9.35. The van der Waals surface area contributed by atoms with Gasteiger partial charge >= 0.3 is 0 Å². The van der Waals surface area contributed by atoms with Crippen molar-refractivity contribution in [1.82, 2.24) is 29.5 Å². The Bertz CT molecular complexity index is 1400. The fourth-order valence-electron chi connectivity index (χ4n) is 3.89. The first-order chi connectivity index (χ1) is 14.0. The van der Waals surface area contributed by atoms with E-state index in [0.29, 0.717) is 17.9 Å². The van der Waals surface area contributed by atoms with Crippen LogP contribution < -0.4 is 0 Å². The Hall–Kier alpha value is -3.23. The number of aromatic amines is 2. The van der Waals surface area contributed by atoms with E-state index in [4.69, 9.17) is 12.2 Å². The number of hydrogen-bond acceptors (Lipinski definition) is 5. The zero-order valence-corrected chi connectivity index (χ0v) is 16.9. The van der Waals surface area contributed by atoms with Gasteiger partial charge in [-0.1, -0.05) is 12.1 Å². The summed E-state index contributed by atoms with van der Waals surface area (Å²) in [6.07, 6.45) is 0. The molecule has 29 heavy (non-hydrogen) atoms. The van der Waals surface area contributed by atoms with Crippen LogP contribution in [-0.2, 0) is 13.1 Å². The smallest absolute Gasteiger partial charge is 0.214 e. The van der Waals surface area contributed by atoms with Gasteiger partial charge < -0.3 is 10.1 Å². The van der Waals surface area contributed by atoms with Gasteiger partial charge in [0.05, 0.1) is 23.1 Å². The molecule has 0 saturated heterocycles. The molecule has 3 aromatic heterocycles. The molecule has 0 unspecified atom stereocenters. The molecule has 146 valence electrons. The van der Waals surface area contributed by atoms with Crippen molar-refractivity contribution in [2.24, 2.45) is 0 Å². The van der Waals surface area contributed by atoms with Crippen molar-refractivity contribution < 1.29 is 5.11 Å². The van der Waals surface area contributed by atoms with Gasteiger partial charge in [-0.05, 0) is 62.1 Å². The standard InChI is InChI=1S/C21H20N6OS/c1-12-9-19-24-21(29)25-27(19)20-13(12)7-8-17(28)14(20)10-26(2)11-18-22-15-5-3-4-6-16(15)23-18/h3-9,28H,10-11H2,1-2H3,(H,22,23)(H,25,29). The fourth-order valence-corrected chi connectivity index (χ4v) is 4.07. The number of imidazole rings is 1. The maximum atomic E-state index is 10.7. The highest BCUT2D eigenvalue weighted by molar-refractivity contribution is 7.71. The normalized spacial score (nSPS) is 12.0. The third-order valence-corrected chi connectivity index (χ3v) is 5.37. The second-order valence-corrected chi connectivity index (χ2v) is 7.77. The highest BCUT2D eigenvalue weighted by atomic mass is 32.1. The summed E-state index contributed by atoms with van der Waals surface area (Å²) in [6, 6.07) is 13.7. The Labute approximate surface area is 171 Å². The number of phenols is 1. The molecule has 5 rings (SSSR count). The van der Waals surface area contributed by atoms with Gasteiger partial charge in [0.15, 0.2) is 5.65 Å². The SMILES string of the molecule is Cc1cc2nc(=S)[nH]n2c2c(CN(C)Cc3nc4ccccc4[nH]3)c(O)ccc12. The highest BCUT2D eigenvalue weighted by Gasteiger charge is 2.16. The number of para-hydroxylation sites is 2. The zero-order valence-electron chi connectivity index (χ0n) is 16.1. The van der Waals surface area contributed by atoms with Crippen LogP contribution in [0, 0.1) is 11.7 Å². The lowest BCUT2D eigenvalue weighted by molar-refractivity contribution is 0.307. The minimum absolute atomic E-state index is 0.244. The van der Waals surface area contributed by atoms with E-state index in [2.05, 4.69) is 25.0 Å². The number of pyridine rings is 1. The van der Waals surface area contributed by atoms with Gasteiger partial charge in [-0.15, -0.1) is 0 Å². The zero-order chi connectivity index (χ0) is 20.1. The first kappa shape index (κ1) is 17.8. The summed E-state index contributed by atoms with van der Waals surface area (Å²) < 4.78 is 2.27. The molecule has 0 aliphatic carbocycles. The van der Waals surface area contributed by atoms with Gasteiger partial charge in [0.25, 0.3) is 0 Å². The van der Waals surface area contributed by atoms with Gasteiger partial charge in [0.1, 0.15) is 11.6 Å². The van der Waals surface area contributed by atoms with Crippen LogP contribution in [0.2, 0.25) is 0 Å². The van der Waals surface area contributed by atoms with Crippen LogP contribution in [0.5, 0.6) is 5.75 Å². The molecule has 3 heterocycles. The van der Waals surface area contributed by atoms with E-state index < -0.39 is 0 Å². The molecule has 5 aromatic rings. The van der Waals surface area contributed by atoms with E-state index in [0.717, 1.165) is 44.5 Å². The molecule has 0 aliphatic rings. The number of nitrogens with one attached hydrogen (secondary N) is 2. The number of hydrogen-bond donors (Lipinski definition) is 3. The molecule has 0 saturated carbocycles. The predicted octanol–water partition coefficient (Wildman–Crippen LogP) is 4.07. The maximum Gasteiger partial charge on any atom is 0.214 e. The summed E-state index contributed by atoms with van der Waals surface area (Å²) in [7, 11) is 2.01. The summed E-state index contributed by atoms with van der Waals surface area (Å²) >= 11 is 5.23. The van der Waals surface area contributed by atoms with Gasteiger partial charge in [-0.2, -0.15) is 4.98 Å². The summed E-state index contributed by atoms with van der Waals surface area (Å²) in [5.74, 6) is 1.13. The molecule has 3 N–H and O–H groups in total. The van der Waals surface area contributed by atoms with Gasteiger partial charge in [0.2, 0.25) is 4.77 Å². The third-order valence-electron chi connectivity index (χ3n) is 5.19. The summed E-state index contributed by atoms with van der Waals surface area (Å²) in [4.78, 5) is 14.5. The minimum Gasteiger partial charge on any atom is -0.508 e. The summed E-state index contributed by atoms with van der Waals surface area (Å²) in [5.41, 5.74) is 5.51. The lowest BCUT2D eigenvalue weighted by Crippen LogP contribution is -2.19. The van der Waals surface area contributed by atoms with Crippen LogP contribution in [0.1, 0.15) is 17.0 Å². The van der Waals surface area contributed by atoms with Gasteiger partial charge in [-0.25, -0.2) is 9.50 Å². The van der Waals surface area contributed by atoms with Crippen molar-refractivity contribution in [2.75, 3.05) is 7.05 Å². The fraction of sp³-hybridized carbons (Fsp3) is 0.190. The number of phenolic OH excluding ortho intramolecular Hbond substituents is 1. The van der Waals surface area contributed by atoms with Crippen molar-refractivity contribution in [2.45, 2.75) is 20.0 Å². The lowest BCUT2D eigenvalue weighted by Gasteiger charge is -2.19. The Morgan fingerprint density at radius 3 is 2.79 bits per heavy atom. The van der Waals surface area contributed by atoms with Crippen molar-refractivity contribution in [3.8, 4) is 5.75 Å². The van der Waals surface area contributed by atoms with E-state index in [1.807, 2.05) is 54.9 Å². The average Bonchev–Trinajstić information content (AvgIpc) is 3.25. The number of H-pyrrole nitrogens is 2. The van der Waals surface area contributed by atoms with E-state index in [1.54, 1.807) is 6.07 Å². The van der Waals surface area contributed by atoms with Gasteiger partial charge in [0, 0.05) is 17.5 Å². The number of rotatable bonds is 4. The second kappa shape index (κ2) is 6.68. The number of nitrogens with zero attached hydrogens (tertiary/aromatic N) is 4. The Balaban J connectivity index is 1.57. The molecule has 0 fully saturated rings. The minimum atomic E-state index is 0.244. The molecule has 0 atom stereocenters. The Morgan fingerprint density at radius 1 is 1.14 bits per heavy atom. The van der Waals surface area contributed by atoms with Crippen LogP contribution in [0.3, 0.4) is 0 Å². The molecule has 2 aromatic carbocycles. The third kappa shape index (κ3) is 3.06. The Morgan fingerprint density at radius 2 is 1.97 bits per heavy atom. The average molecular weight is 404 g/mol. The van der Waals surface area contributed by atoms with E-state index in [1.165, 1.54) is 0 Å². The molecule has 8 heteroatoms. The van der Waals surface area contributed by atoms with Crippen molar-refractivity contribution >= 4 is 39.8 Å². The Kier molecular flexibility index (Phi) is 4.11. The first-order valence-corrected chi connectivity index (χ1v) is 9.75. The van der Waals surface area contributed by atoms with Crippen LogP contribution >= 0.6 is 12.2 Å². The predicted molar refractivity (Wildman–Crippen MR) is 116 cm³/mol. The van der Waals surface area contributed by atoms with Crippen molar-refractivity contribution in [3.05, 3.63) is 64.2 Å². The van der Waals surface area contributed by atoms with Crippen molar-refractivity contribution in [1.29, 1.82) is 0 Å². The number of aryl methyl sites for hydroxylation is 1. The summed E-state index contributed by atoms with van der Waals surface area (Å²) in [5, 5.41) is 14.8. The summed E-state index contributed by atoms with van der Waals surface area (Å²) in [6.45, 7) is 3.20. The molecular weight excluding hydrogens is 384 g/mol. The molecule has 0 spiro atoms. The number of benzene rings is 2. The van der Waals surface area contributed by atoms with Crippen LogP contribution in [0.25, 0.3) is 27.6 Å². The number of aromatic hydroxyl groups is 1. The van der Waals surface area contributed by atoms with E-state index in [9.17, 15) is 5.11 Å². The molecular formula is C21H20N6OS. The number of fused-ring (bicyclic) bond motifs is 4. The molecule has 0 amide bonds. The van der Waals surface area contributed by atoms with Crippen LogP contribution in [-0.4, -0.2) is 41.6 Å². The lowest BCUT2D eigenvalue weighted by atomic mass is 10.0. The van der Waals surface area contributed by atoms with Gasteiger partial charge in [-0.3, -0.25) is 10.00 Å². The van der Waals surface area contributed by atoms with E-state index in [-0.39, 0.29) is 5.75 Å². The molecule has 7 nitrogen and oxygen atoms in total. The van der Waals surface area contributed by atoms with Crippen LogP contribution in [0.4, 0.5) is 0 Å². The monoisotopic (exact) mass is 404 g/mol. The number of aromatic nitrogens is 5. The largest absolute Gasteiger partial charge is 0.508 e. The molecule has 0 bridgehead atoms. The quantitative estimate of drug-likeness (QED) is 0.393. The van der Waals surface area contributed by atoms with Crippen molar-refractivity contribution in [3.63, 3.8) is 0 Å². The maximum absolute atomic E-state index is 10.7. The second-order valence-electron chi connectivity index (χ2n) is 7.38. The topological polar surface area (TPSA) is 85.2 Å². The molecule has 0 aliphatic heterocycles. The molecule has 0 radical (unpaired) electrons.